The molecular weight excluding hydrogens is 480 g/mol. The topological polar surface area (TPSA) is 85.2 Å². The number of hydrogen-bond acceptors (Lipinski definition) is 8. The number of rotatable bonds is 8. The van der Waals surface area contributed by atoms with Crippen LogP contribution >= 0.6 is 23.1 Å². The zero-order chi connectivity index (χ0) is 24.0. The lowest BCUT2D eigenvalue weighted by Crippen LogP contribution is -2.36. The summed E-state index contributed by atoms with van der Waals surface area (Å²) in [7, 11) is 0. The third kappa shape index (κ3) is 5.79. The highest BCUT2D eigenvalue weighted by Crippen LogP contribution is 2.30. The van der Waals surface area contributed by atoms with Crippen LogP contribution in [0.4, 0.5) is 5.13 Å². The summed E-state index contributed by atoms with van der Waals surface area (Å²) >= 11 is 2.85. The third-order valence-electron chi connectivity index (χ3n) is 5.61. The smallest absolute Gasteiger partial charge is 0.236 e. The molecule has 180 valence electrons. The highest BCUT2D eigenvalue weighted by atomic mass is 32.2. The van der Waals surface area contributed by atoms with E-state index >= 15 is 0 Å². The van der Waals surface area contributed by atoms with Crippen LogP contribution in [0, 0.1) is 6.92 Å². The SMILES string of the molecule is Cc1sc(NC(=O)CSc2nnc(CN3CCOCC3)n2-c2ccccc2)nc1-c1ccccc1. The summed E-state index contributed by atoms with van der Waals surface area (Å²) < 4.78 is 7.50. The highest BCUT2D eigenvalue weighted by molar-refractivity contribution is 7.99. The van der Waals surface area contributed by atoms with E-state index in [1.54, 1.807) is 0 Å². The zero-order valence-corrected chi connectivity index (χ0v) is 21.0. The van der Waals surface area contributed by atoms with Crippen molar-refractivity contribution in [2.75, 3.05) is 37.4 Å². The molecule has 2 aromatic heterocycles. The number of aromatic nitrogens is 4. The van der Waals surface area contributed by atoms with Gasteiger partial charge in [-0.2, -0.15) is 0 Å². The summed E-state index contributed by atoms with van der Waals surface area (Å²) in [5.74, 6) is 0.937. The third-order valence-corrected chi connectivity index (χ3v) is 7.42. The molecule has 1 N–H and O–H groups in total. The Balaban J connectivity index is 1.28. The van der Waals surface area contributed by atoms with Crippen LogP contribution in [0.5, 0.6) is 0 Å². The van der Waals surface area contributed by atoms with E-state index in [0.29, 0.717) is 16.8 Å². The van der Waals surface area contributed by atoms with Crippen molar-refractivity contribution in [2.45, 2.75) is 18.6 Å². The van der Waals surface area contributed by atoms with Gasteiger partial charge in [0.1, 0.15) is 0 Å². The van der Waals surface area contributed by atoms with Crippen molar-refractivity contribution in [1.82, 2.24) is 24.6 Å². The fourth-order valence-electron chi connectivity index (χ4n) is 3.89. The lowest BCUT2D eigenvalue weighted by Gasteiger charge is -2.26. The molecule has 0 bridgehead atoms. The average molecular weight is 507 g/mol. The minimum atomic E-state index is -0.124. The molecule has 1 aliphatic rings. The second kappa shape index (κ2) is 11.1. The Morgan fingerprint density at radius 2 is 1.77 bits per heavy atom. The first-order valence-electron chi connectivity index (χ1n) is 11.4. The first-order chi connectivity index (χ1) is 17.2. The number of thioether (sulfide) groups is 1. The van der Waals surface area contributed by atoms with Gasteiger partial charge in [0.2, 0.25) is 5.91 Å². The van der Waals surface area contributed by atoms with Crippen molar-refractivity contribution in [3.05, 3.63) is 71.4 Å². The van der Waals surface area contributed by atoms with Gasteiger partial charge < -0.3 is 10.1 Å². The number of amides is 1. The Morgan fingerprint density at radius 1 is 1.06 bits per heavy atom. The molecule has 4 aromatic rings. The second-order valence-electron chi connectivity index (χ2n) is 8.08. The average Bonchev–Trinajstić information content (AvgIpc) is 3.47. The number of anilines is 1. The molecule has 0 saturated carbocycles. The Bertz CT molecular complexity index is 1270. The highest BCUT2D eigenvalue weighted by Gasteiger charge is 2.20. The van der Waals surface area contributed by atoms with Gasteiger partial charge in [0, 0.05) is 29.2 Å². The van der Waals surface area contributed by atoms with Gasteiger partial charge in [-0.25, -0.2) is 4.98 Å². The molecule has 0 atom stereocenters. The van der Waals surface area contributed by atoms with Crippen molar-refractivity contribution in [1.29, 1.82) is 0 Å². The number of carbonyl (C=O) groups is 1. The van der Waals surface area contributed by atoms with Gasteiger partial charge in [-0.1, -0.05) is 60.3 Å². The molecule has 0 aliphatic carbocycles. The maximum absolute atomic E-state index is 12.8. The fraction of sp³-hybridized carbons (Fsp3) is 0.280. The van der Waals surface area contributed by atoms with Crippen molar-refractivity contribution in [2.24, 2.45) is 0 Å². The van der Waals surface area contributed by atoms with E-state index in [4.69, 9.17) is 4.74 Å². The van der Waals surface area contributed by atoms with Crippen LogP contribution < -0.4 is 5.32 Å². The number of nitrogens with zero attached hydrogens (tertiary/aromatic N) is 5. The standard InChI is InChI=1S/C25H26N6O2S2/c1-18-23(19-8-4-2-5-9-19)27-24(35-18)26-22(32)17-34-25-29-28-21(16-30-12-14-33-15-13-30)31(25)20-10-6-3-7-11-20/h2-11H,12-17H2,1H3,(H,26,27,32). The van der Waals surface area contributed by atoms with Gasteiger partial charge in [0.05, 0.1) is 31.2 Å². The maximum atomic E-state index is 12.8. The number of ether oxygens (including phenoxy) is 1. The molecule has 1 fully saturated rings. The molecular formula is C25H26N6O2S2. The van der Waals surface area contributed by atoms with E-state index in [1.165, 1.54) is 23.1 Å². The summed E-state index contributed by atoms with van der Waals surface area (Å²) in [6.07, 6.45) is 0. The predicted molar refractivity (Wildman–Crippen MR) is 139 cm³/mol. The summed E-state index contributed by atoms with van der Waals surface area (Å²) in [5.41, 5.74) is 2.92. The van der Waals surface area contributed by atoms with Gasteiger partial charge in [0.25, 0.3) is 0 Å². The lowest BCUT2D eigenvalue weighted by molar-refractivity contribution is -0.113. The molecule has 2 aromatic carbocycles. The minimum Gasteiger partial charge on any atom is -0.379 e. The number of hydrogen-bond donors (Lipinski definition) is 1. The molecule has 3 heterocycles. The molecule has 0 radical (unpaired) electrons. The van der Waals surface area contributed by atoms with Crippen LogP contribution in [-0.2, 0) is 16.1 Å². The van der Waals surface area contributed by atoms with E-state index < -0.39 is 0 Å². The number of thiazole rings is 1. The van der Waals surface area contributed by atoms with Gasteiger partial charge in [-0.05, 0) is 19.1 Å². The summed E-state index contributed by atoms with van der Waals surface area (Å²) in [5, 5.41) is 13.1. The van der Waals surface area contributed by atoms with Crippen LogP contribution in [0.25, 0.3) is 16.9 Å². The molecule has 1 amide bonds. The molecule has 0 unspecified atom stereocenters. The molecule has 0 spiro atoms. The normalized spacial score (nSPS) is 14.2. The summed E-state index contributed by atoms with van der Waals surface area (Å²) in [6.45, 7) is 5.88. The number of carbonyl (C=O) groups excluding carboxylic acids is 1. The monoisotopic (exact) mass is 506 g/mol. The molecule has 5 rings (SSSR count). The number of morpholine rings is 1. The minimum absolute atomic E-state index is 0.124. The number of aryl methyl sites for hydroxylation is 1. The predicted octanol–water partition coefficient (Wildman–Crippen LogP) is 4.26. The van der Waals surface area contributed by atoms with Crippen LogP contribution in [0.1, 0.15) is 10.7 Å². The Kier molecular flexibility index (Phi) is 7.53. The second-order valence-corrected chi connectivity index (χ2v) is 10.2. The Morgan fingerprint density at radius 3 is 2.51 bits per heavy atom. The fourth-order valence-corrected chi connectivity index (χ4v) is 5.51. The van der Waals surface area contributed by atoms with Gasteiger partial charge in [-0.3, -0.25) is 14.3 Å². The van der Waals surface area contributed by atoms with Crippen molar-refractivity contribution in [3.63, 3.8) is 0 Å². The first-order valence-corrected chi connectivity index (χ1v) is 13.2. The van der Waals surface area contributed by atoms with Gasteiger partial charge in [-0.15, -0.1) is 21.5 Å². The number of para-hydroxylation sites is 1. The summed E-state index contributed by atoms with van der Waals surface area (Å²) in [4.78, 5) is 20.8. The maximum Gasteiger partial charge on any atom is 0.236 e. The number of benzene rings is 2. The van der Waals surface area contributed by atoms with Crippen LogP contribution in [0.3, 0.4) is 0 Å². The van der Waals surface area contributed by atoms with E-state index in [1.807, 2.05) is 72.2 Å². The van der Waals surface area contributed by atoms with E-state index in [0.717, 1.165) is 53.9 Å². The van der Waals surface area contributed by atoms with E-state index in [2.05, 4.69) is 25.4 Å². The largest absolute Gasteiger partial charge is 0.379 e. The Labute approximate surface area is 212 Å². The van der Waals surface area contributed by atoms with E-state index in [9.17, 15) is 4.79 Å². The molecule has 1 saturated heterocycles. The first kappa shape index (κ1) is 23.7. The van der Waals surface area contributed by atoms with Crippen molar-refractivity contribution in [3.8, 4) is 16.9 Å². The molecule has 35 heavy (non-hydrogen) atoms. The number of nitrogens with one attached hydrogen (secondary N) is 1. The van der Waals surface area contributed by atoms with Crippen LogP contribution in [0.2, 0.25) is 0 Å². The lowest BCUT2D eigenvalue weighted by atomic mass is 10.1. The summed E-state index contributed by atoms with van der Waals surface area (Å²) in [6, 6.07) is 20.0. The van der Waals surface area contributed by atoms with Gasteiger partial charge >= 0.3 is 0 Å². The Hall–Kier alpha value is -3.05. The zero-order valence-electron chi connectivity index (χ0n) is 19.4. The van der Waals surface area contributed by atoms with Crippen molar-refractivity contribution < 1.29 is 9.53 Å². The van der Waals surface area contributed by atoms with Crippen LogP contribution in [0.15, 0.2) is 65.8 Å². The van der Waals surface area contributed by atoms with Crippen molar-refractivity contribution >= 4 is 34.1 Å². The quantitative estimate of drug-likeness (QED) is 0.357. The molecule has 10 heteroatoms. The van der Waals surface area contributed by atoms with Gasteiger partial charge in [0.15, 0.2) is 16.1 Å². The molecule has 8 nitrogen and oxygen atoms in total. The van der Waals surface area contributed by atoms with Crippen LogP contribution in [-0.4, -0.2) is 62.6 Å². The molecule has 1 aliphatic heterocycles. The van der Waals surface area contributed by atoms with E-state index in [-0.39, 0.29) is 11.7 Å².